The van der Waals surface area contributed by atoms with Crippen molar-refractivity contribution in [3.8, 4) is 10.6 Å². The highest BCUT2D eigenvalue weighted by Crippen LogP contribution is 2.34. The van der Waals surface area contributed by atoms with E-state index in [9.17, 15) is 0 Å². The summed E-state index contributed by atoms with van der Waals surface area (Å²) in [5.74, 6) is 0. The maximum absolute atomic E-state index is 4.87. The van der Waals surface area contributed by atoms with Crippen molar-refractivity contribution in [2.45, 2.75) is 19.0 Å². The van der Waals surface area contributed by atoms with Gasteiger partial charge >= 0.3 is 0 Å². The lowest BCUT2D eigenvalue weighted by Gasteiger charge is -2.34. The second kappa shape index (κ2) is 7.06. The first-order valence-electron chi connectivity index (χ1n) is 9.05. The first-order chi connectivity index (χ1) is 13.4. The average molecular weight is 373 g/mol. The van der Waals surface area contributed by atoms with Gasteiger partial charge in [-0.1, -0.05) is 36.4 Å². The van der Waals surface area contributed by atoms with Crippen molar-refractivity contribution in [3.05, 3.63) is 89.2 Å². The zero-order valence-electron chi connectivity index (χ0n) is 14.7. The number of thiazole rings is 1. The summed E-state index contributed by atoms with van der Waals surface area (Å²) >= 11 is 1.70. The zero-order valence-corrected chi connectivity index (χ0v) is 15.6. The van der Waals surface area contributed by atoms with E-state index in [1.54, 1.807) is 17.7 Å². The molecule has 1 unspecified atom stereocenters. The van der Waals surface area contributed by atoms with Crippen molar-refractivity contribution in [2.75, 3.05) is 6.54 Å². The number of aromatic amines is 1. The van der Waals surface area contributed by atoms with E-state index in [1.807, 2.05) is 24.4 Å². The summed E-state index contributed by atoms with van der Waals surface area (Å²) in [4.78, 5) is 19.8. The molecular weight excluding hydrogens is 354 g/mol. The van der Waals surface area contributed by atoms with E-state index in [0.29, 0.717) is 0 Å². The molecule has 27 heavy (non-hydrogen) atoms. The van der Waals surface area contributed by atoms with E-state index >= 15 is 0 Å². The van der Waals surface area contributed by atoms with Gasteiger partial charge in [-0.05, 0) is 12.1 Å². The van der Waals surface area contributed by atoms with E-state index in [0.717, 1.165) is 41.6 Å². The van der Waals surface area contributed by atoms with Gasteiger partial charge in [0.15, 0.2) is 0 Å². The molecule has 0 bridgehead atoms. The molecule has 4 aromatic rings. The minimum Gasteiger partial charge on any atom is -0.348 e. The minimum absolute atomic E-state index is 0.0584. The van der Waals surface area contributed by atoms with Gasteiger partial charge in [0.1, 0.15) is 5.01 Å². The summed E-state index contributed by atoms with van der Waals surface area (Å²) in [5.41, 5.74) is 5.59. The Morgan fingerprint density at radius 2 is 1.96 bits per heavy atom. The molecule has 1 aromatic carbocycles. The predicted molar refractivity (Wildman–Crippen MR) is 106 cm³/mol. The van der Waals surface area contributed by atoms with Gasteiger partial charge < -0.3 is 4.98 Å². The van der Waals surface area contributed by atoms with Crippen molar-refractivity contribution in [2.24, 2.45) is 0 Å². The third kappa shape index (κ3) is 3.18. The number of hydrogen-bond acceptors (Lipinski definition) is 5. The van der Waals surface area contributed by atoms with Gasteiger partial charge in [0, 0.05) is 42.3 Å². The number of imidazole rings is 1. The highest BCUT2D eigenvalue weighted by atomic mass is 32.1. The monoisotopic (exact) mass is 373 g/mol. The predicted octanol–water partition coefficient (Wildman–Crippen LogP) is 4.08. The molecule has 0 fully saturated rings. The molecule has 0 saturated carbocycles. The zero-order chi connectivity index (χ0) is 18.1. The lowest BCUT2D eigenvalue weighted by atomic mass is 9.99. The van der Waals surface area contributed by atoms with Crippen LogP contribution in [0, 0.1) is 0 Å². The van der Waals surface area contributed by atoms with Gasteiger partial charge in [0.25, 0.3) is 0 Å². The van der Waals surface area contributed by atoms with Crippen molar-refractivity contribution in [1.82, 2.24) is 24.8 Å². The SMILES string of the molecule is c1ccc(-c2nc(CN3CCc4[nH]cnc4C3c3ccccn3)cs2)cc1. The summed E-state index contributed by atoms with van der Waals surface area (Å²) in [6.45, 7) is 1.74. The van der Waals surface area contributed by atoms with Gasteiger partial charge in [-0.15, -0.1) is 11.3 Å². The molecule has 134 valence electrons. The number of nitrogens with one attached hydrogen (secondary N) is 1. The Morgan fingerprint density at radius 1 is 1.07 bits per heavy atom. The molecule has 0 spiro atoms. The Labute approximate surface area is 161 Å². The van der Waals surface area contributed by atoms with E-state index in [1.165, 1.54) is 11.3 Å². The van der Waals surface area contributed by atoms with Gasteiger partial charge in [-0.3, -0.25) is 9.88 Å². The van der Waals surface area contributed by atoms with Crippen LogP contribution in [-0.2, 0) is 13.0 Å². The molecule has 1 aliphatic heterocycles. The van der Waals surface area contributed by atoms with Crippen LogP contribution in [0.15, 0.2) is 66.4 Å². The standard InChI is InChI=1S/C21H19N5S/c1-2-6-15(7-3-1)21-25-16(13-27-21)12-26-11-9-17-19(24-14-23-17)20(26)18-8-4-5-10-22-18/h1-8,10,13-14,20H,9,11-12H2,(H,23,24). The maximum atomic E-state index is 4.87. The molecule has 5 nitrogen and oxygen atoms in total. The Morgan fingerprint density at radius 3 is 2.81 bits per heavy atom. The topological polar surface area (TPSA) is 57.7 Å². The number of H-pyrrole nitrogens is 1. The smallest absolute Gasteiger partial charge is 0.123 e. The van der Waals surface area contributed by atoms with Crippen molar-refractivity contribution in [1.29, 1.82) is 0 Å². The second-order valence-electron chi connectivity index (χ2n) is 6.65. The van der Waals surface area contributed by atoms with E-state index in [2.05, 4.69) is 55.6 Å². The van der Waals surface area contributed by atoms with Crippen molar-refractivity contribution >= 4 is 11.3 Å². The van der Waals surface area contributed by atoms with Crippen LogP contribution < -0.4 is 0 Å². The van der Waals surface area contributed by atoms with Gasteiger partial charge in [0.05, 0.1) is 29.5 Å². The average Bonchev–Trinajstić information content (AvgIpc) is 3.39. The number of fused-ring (bicyclic) bond motifs is 1. The van der Waals surface area contributed by atoms with Crippen LogP contribution in [0.3, 0.4) is 0 Å². The summed E-state index contributed by atoms with van der Waals surface area (Å²) < 4.78 is 0. The Bertz CT molecular complexity index is 1020. The molecule has 1 aliphatic rings. The normalized spacial score (nSPS) is 17.0. The molecule has 1 N–H and O–H groups in total. The summed E-state index contributed by atoms with van der Waals surface area (Å²) in [5, 5.41) is 3.23. The van der Waals surface area contributed by atoms with E-state index in [-0.39, 0.29) is 6.04 Å². The second-order valence-corrected chi connectivity index (χ2v) is 7.51. The number of benzene rings is 1. The maximum Gasteiger partial charge on any atom is 0.123 e. The van der Waals surface area contributed by atoms with Crippen LogP contribution in [0.4, 0.5) is 0 Å². The quantitative estimate of drug-likeness (QED) is 0.586. The fraction of sp³-hybridized carbons (Fsp3) is 0.190. The lowest BCUT2D eigenvalue weighted by Crippen LogP contribution is -2.36. The molecule has 3 aromatic heterocycles. The van der Waals surface area contributed by atoms with Crippen LogP contribution >= 0.6 is 11.3 Å². The van der Waals surface area contributed by atoms with Crippen LogP contribution in [0.2, 0.25) is 0 Å². The lowest BCUT2D eigenvalue weighted by molar-refractivity contribution is 0.195. The van der Waals surface area contributed by atoms with Crippen LogP contribution in [0.25, 0.3) is 10.6 Å². The molecule has 0 amide bonds. The van der Waals surface area contributed by atoms with Crippen molar-refractivity contribution < 1.29 is 0 Å². The van der Waals surface area contributed by atoms with E-state index in [4.69, 9.17) is 4.98 Å². The first kappa shape index (κ1) is 16.4. The van der Waals surface area contributed by atoms with Crippen LogP contribution in [0.1, 0.15) is 28.8 Å². The van der Waals surface area contributed by atoms with Crippen LogP contribution in [0.5, 0.6) is 0 Å². The molecule has 5 rings (SSSR count). The fourth-order valence-corrected chi connectivity index (χ4v) is 4.48. The highest BCUT2D eigenvalue weighted by molar-refractivity contribution is 7.13. The minimum atomic E-state index is 0.0584. The van der Waals surface area contributed by atoms with Crippen LogP contribution in [-0.4, -0.2) is 31.4 Å². The van der Waals surface area contributed by atoms with Crippen molar-refractivity contribution in [3.63, 3.8) is 0 Å². The molecule has 0 radical (unpaired) electrons. The number of aromatic nitrogens is 4. The summed E-state index contributed by atoms with van der Waals surface area (Å²) in [7, 11) is 0. The van der Waals surface area contributed by atoms with Gasteiger partial charge in [0.2, 0.25) is 0 Å². The fourth-order valence-electron chi connectivity index (χ4n) is 3.66. The Balaban J connectivity index is 1.45. The molecular formula is C21H19N5S. The van der Waals surface area contributed by atoms with E-state index < -0.39 is 0 Å². The Hall–Kier alpha value is -2.83. The molecule has 0 aliphatic carbocycles. The summed E-state index contributed by atoms with van der Waals surface area (Å²) in [6.07, 6.45) is 4.61. The highest BCUT2D eigenvalue weighted by Gasteiger charge is 2.32. The molecule has 1 atom stereocenters. The number of nitrogens with zero attached hydrogens (tertiary/aromatic N) is 4. The number of pyridine rings is 1. The van der Waals surface area contributed by atoms with Gasteiger partial charge in [-0.2, -0.15) is 0 Å². The largest absolute Gasteiger partial charge is 0.348 e. The Kier molecular flexibility index (Phi) is 4.27. The van der Waals surface area contributed by atoms with Gasteiger partial charge in [-0.25, -0.2) is 9.97 Å². The number of hydrogen-bond donors (Lipinski definition) is 1. The number of rotatable bonds is 4. The molecule has 0 saturated heterocycles. The third-order valence-electron chi connectivity index (χ3n) is 4.93. The summed E-state index contributed by atoms with van der Waals surface area (Å²) in [6, 6.07) is 16.5. The first-order valence-corrected chi connectivity index (χ1v) is 9.93. The third-order valence-corrected chi connectivity index (χ3v) is 5.87. The molecule has 6 heteroatoms. The molecule has 4 heterocycles.